The van der Waals surface area contributed by atoms with Crippen molar-refractivity contribution < 1.29 is 14.3 Å². The average molecular weight is 273 g/mol. The number of hydrogen-bond acceptors (Lipinski definition) is 2. The normalized spacial score (nSPS) is 11.9. The number of carboxylic acid groups (broad SMARTS) is 1. The van der Waals surface area contributed by atoms with Crippen LogP contribution in [0.2, 0.25) is 0 Å². The summed E-state index contributed by atoms with van der Waals surface area (Å²) in [7, 11) is 0. The van der Waals surface area contributed by atoms with E-state index in [1.807, 2.05) is 18.2 Å². The first kappa shape index (κ1) is 14.1. The first-order valence-electron chi connectivity index (χ1n) is 6.35. The summed E-state index contributed by atoms with van der Waals surface area (Å²) in [6.07, 6.45) is 0. The molecule has 0 aromatic heterocycles. The smallest absolute Gasteiger partial charge is 0.312 e. The molecule has 2 rings (SSSR count). The predicted octanol–water partition coefficient (Wildman–Crippen LogP) is 3.41. The monoisotopic (exact) mass is 273 g/mol. The largest absolute Gasteiger partial charge is 0.481 e. The Morgan fingerprint density at radius 3 is 2.55 bits per heavy atom. The summed E-state index contributed by atoms with van der Waals surface area (Å²) in [6.45, 7) is 1.93. The quantitative estimate of drug-likeness (QED) is 0.877. The van der Waals surface area contributed by atoms with Crippen molar-refractivity contribution in [2.24, 2.45) is 0 Å². The summed E-state index contributed by atoms with van der Waals surface area (Å²) in [6, 6.07) is 13.7. The summed E-state index contributed by atoms with van der Waals surface area (Å²) >= 11 is 0. The maximum absolute atomic E-state index is 13.2. The number of nitrogens with one attached hydrogen (secondary N) is 1. The summed E-state index contributed by atoms with van der Waals surface area (Å²) in [5.74, 6) is -1.79. The van der Waals surface area contributed by atoms with E-state index in [1.54, 1.807) is 31.2 Å². The molecule has 1 atom stereocenters. The molecule has 0 bridgehead atoms. The molecule has 2 N–H and O–H groups in total. The minimum Gasteiger partial charge on any atom is -0.481 e. The topological polar surface area (TPSA) is 49.3 Å². The molecule has 0 heterocycles. The van der Waals surface area contributed by atoms with E-state index in [0.29, 0.717) is 11.3 Å². The molecule has 0 saturated heterocycles. The molecule has 1 unspecified atom stereocenters. The molecule has 2 aromatic carbocycles. The van der Waals surface area contributed by atoms with Crippen molar-refractivity contribution in [2.75, 3.05) is 11.9 Å². The number of aliphatic carboxylic acids is 1. The van der Waals surface area contributed by atoms with Gasteiger partial charge in [0.15, 0.2) is 0 Å². The molecule has 4 heteroatoms. The van der Waals surface area contributed by atoms with Crippen LogP contribution in [0.1, 0.15) is 17.0 Å². The zero-order chi connectivity index (χ0) is 14.5. The van der Waals surface area contributed by atoms with Crippen LogP contribution in [0.25, 0.3) is 0 Å². The van der Waals surface area contributed by atoms with Crippen LogP contribution in [0, 0.1) is 12.7 Å². The number of carbonyl (C=O) groups is 1. The van der Waals surface area contributed by atoms with E-state index in [4.69, 9.17) is 0 Å². The third-order valence-corrected chi connectivity index (χ3v) is 3.17. The van der Waals surface area contributed by atoms with Gasteiger partial charge in [0, 0.05) is 12.2 Å². The van der Waals surface area contributed by atoms with Gasteiger partial charge in [-0.25, -0.2) is 4.39 Å². The zero-order valence-corrected chi connectivity index (χ0v) is 11.1. The Kier molecular flexibility index (Phi) is 4.35. The Bertz CT molecular complexity index is 599. The molecule has 0 radical (unpaired) electrons. The number of hydrogen-bond donors (Lipinski definition) is 2. The molecule has 0 saturated carbocycles. The lowest BCUT2D eigenvalue weighted by atomic mass is 9.99. The highest BCUT2D eigenvalue weighted by Gasteiger charge is 2.19. The molecule has 20 heavy (non-hydrogen) atoms. The van der Waals surface area contributed by atoms with Gasteiger partial charge in [0.05, 0.1) is 5.92 Å². The second-order valence-electron chi connectivity index (χ2n) is 4.65. The zero-order valence-electron chi connectivity index (χ0n) is 11.1. The summed E-state index contributed by atoms with van der Waals surface area (Å²) in [5.41, 5.74) is 1.99. The molecular weight excluding hydrogens is 257 g/mol. The van der Waals surface area contributed by atoms with E-state index in [1.165, 1.54) is 6.07 Å². The van der Waals surface area contributed by atoms with Gasteiger partial charge in [-0.15, -0.1) is 0 Å². The van der Waals surface area contributed by atoms with E-state index in [2.05, 4.69) is 5.32 Å². The van der Waals surface area contributed by atoms with Gasteiger partial charge in [-0.05, 0) is 36.2 Å². The molecule has 0 aliphatic heterocycles. The van der Waals surface area contributed by atoms with Crippen molar-refractivity contribution in [3.05, 3.63) is 65.5 Å². The van der Waals surface area contributed by atoms with Gasteiger partial charge in [-0.2, -0.15) is 0 Å². The fourth-order valence-electron chi connectivity index (χ4n) is 2.01. The lowest BCUT2D eigenvalue weighted by Gasteiger charge is -2.15. The van der Waals surface area contributed by atoms with Crippen LogP contribution < -0.4 is 5.32 Å². The molecule has 0 fully saturated rings. The summed E-state index contributed by atoms with van der Waals surface area (Å²) in [4.78, 5) is 11.3. The SMILES string of the molecule is Cc1cc(NCC(C(=O)O)c2ccccc2)ccc1F. The molecule has 3 nitrogen and oxygen atoms in total. The van der Waals surface area contributed by atoms with Crippen molar-refractivity contribution in [1.82, 2.24) is 0 Å². The van der Waals surface area contributed by atoms with Gasteiger partial charge in [-0.1, -0.05) is 30.3 Å². The third-order valence-electron chi connectivity index (χ3n) is 3.17. The van der Waals surface area contributed by atoms with Crippen LogP contribution in [0.3, 0.4) is 0 Å². The molecular formula is C16H16FNO2. The first-order valence-corrected chi connectivity index (χ1v) is 6.35. The fourth-order valence-corrected chi connectivity index (χ4v) is 2.01. The van der Waals surface area contributed by atoms with Gasteiger partial charge in [0.1, 0.15) is 5.82 Å². The molecule has 0 aliphatic rings. The van der Waals surface area contributed by atoms with Crippen molar-refractivity contribution in [2.45, 2.75) is 12.8 Å². The number of benzene rings is 2. The fraction of sp³-hybridized carbons (Fsp3) is 0.188. The minimum atomic E-state index is -0.887. The third kappa shape index (κ3) is 3.35. The van der Waals surface area contributed by atoms with Crippen molar-refractivity contribution >= 4 is 11.7 Å². The summed E-state index contributed by atoms with van der Waals surface area (Å²) < 4.78 is 13.2. The Labute approximate surface area is 117 Å². The first-order chi connectivity index (χ1) is 9.58. The van der Waals surface area contributed by atoms with Crippen LogP contribution in [-0.2, 0) is 4.79 Å². The van der Waals surface area contributed by atoms with Crippen molar-refractivity contribution in [3.63, 3.8) is 0 Å². The van der Waals surface area contributed by atoms with Crippen LogP contribution in [0.5, 0.6) is 0 Å². The minimum absolute atomic E-state index is 0.254. The van der Waals surface area contributed by atoms with Crippen molar-refractivity contribution in [3.8, 4) is 0 Å². The Morgan fingerprint density at radius 1 is 1.25 bits per heavy atom. The average Bonchev–Trinajstić information content (AvgIpc) is 2.44. The van der Waals surface area contributed by atoms with Crippen molar-refractivity contribution in [1.29, 1.82) is 0 Å². The molecule has 2 aromatic rings. The van der Waals surface area contributed by atoms with Crippen LogP contribution in [0.4, 0.5) is 10.1 Å². The molecule has 0 amide bonds. The van der Waals surface area contributed by atoms with Gasteiger partial charge in [-0.3, -0.25) is 4.79 Å². The highest BCUT2D eigenvalue weighted by Crippen LogP contribution is 2.19. The van der Waals surface area contributed by atoms with E-state index in [9.17, 15) is 14.3 Å². The van der Waals surface area contributed by atoms with Gasteiger partial charge in [0.2, 0.25) is 0 Å². The number of carboxylic acids is 1. The van der Waals surface area contributed by atoms with E-state index >= 15 is 0 Å². The molecule has 0 spiro atoms. The van der Waals surface area contributed by atoms with Gasteiger partial charge in [0.25, 0.3) is 0 Å². The number of anilines is 1. The number of halogens is 1. The Hall–Kier alpha value is -2.36. The second kappa shape index (κ2) is 6.19. The maximum atomic E-state index is 13.2. The number of rotatable bonds is 5. The van der Waals surface area contributed by atoms with E-state index in [-0.39, 0.29) is 12.4 Å². The van der Waals surface area contributed by atoms with Crippen LogP contribution in [0.15, 0.2) is 48.5 Å². The second-order valence-corrected chi connectivity index (χ2v) is 4.65. The van der Waals surface area contributed by atoms with Gasteiger partial charge < -0.3 is 10.4 Å². The maximum Gasteiger partial charge on any atom is 0.312 e. The molecule has 0 aliphatic carbocycles. The highest BCUT2D eigenvalue weighted by molar-refractivity contribution is 5.77. The summed E-state index contributed by atoms with van der Waals surface area (Å²) in [5, 5.41) is 12.3. The van der Waals surface area contributed by atoms with E-state index < -0.39 is 11.9 Å². The standard InChI is InChI=1S/C16H16FNO2/c1-11-9-13(7-8-15(11)17)18-10-14(16(19)20)12-5-3-2-4-6-12/h2-9,14,18H,10H2,1H3,(H,19,20). The predicted molar refractivity (Wildman–Crippen MR) is 76.4 cm³/mol. The lowest BCUT2D eigenvalue weighted by molar-refractivity contribution is -0.138. The van der Waals surface area contributed by atoms with E-state index in [0.717, 1.165) is 5.56 Å². The van der Waals surface area contributed by atoms with Crippen LogP contribution >= 0.6 is 0 Å². The lowest BCUT2D eigenvalue weighted by Crippen LogP contribution is -2.20. The Morgan fingerprint density at radius 2 is 1.95 bits per heavy atom. The van der Waals surface area contributed by atoms with Gasteiger partial charge >= 0.3 is 5.97 Å². The highest BCUT2D eigenvalue weighted by atomic mass is 19.1. The molecule has 104 valence electrons. The Balaban J connectivity index is 2.10. The number of aryl methyl sites for hydroxylation is 1. The van der Waals surface area contributed by atoms with Crippen LogP contribution in [-0.4, -0.2) is 17.6 Å².